The molecule has 24 heavy (non-hydrogen) atoms. The molecule has 0 unspecified atom stereocenters. The number of hydrogen-bond acceptors (Lipinski definition) is 3. The van der Waals surface area contributed by atoms with Crippen molar-refractivity contribution in [3.8, 4) is 0 Å². The van der Waals surface area contributed by atoms with Crippen molar-refractivity contribution in [3.63, 3.8) is 0 Å². The lowest BCUT2D eigenvalue weighted by atomic mass is 9.89. The topological polar surface area (TPSA) is 73.8 Å². The highest BCUT2D eigenvalue weighted by atomic mass is 32.2. The second-order valence-corrected chi connectivity index (χ2v) is 9.19. The highest BCUT2D eigenvalue weighted by Crippen LogP contribution is 2.23. The van der Waals surface area contributed by atoms with Crippen LogP contribution in [0.15, 0.2) is 4.99 Å². The van der Waals surface area contributed by atoms with Gasteiger partial charge in [-0.25, -0.2) is 12.7 Å². The molecule has 1 saturated heterocycles. The Bertz CT molecular complexity index is 493. The van der Waals surface area contributed by atoms with Crippen LogP contribution in [0.5, 0.6) is 0 Å². The molecular weight excluding hydrogens is 324 g/mol. The van der Waals surface area contributed by atoms with E-state index in [2.05, 4.69) is 17.6 Å². The molecular formula is C17H34N4O2S. The molecule has 1 heterocycles. The normalized spacial score (nSPS) is 22.5. The van der Waals surface area contributed by atoms with Gasteiger partial charge in [0.1, 0.15) is 0 Å². The molecule has 7 heteroatoms. The molecule has 0 atom stereocenters. The average Bonchev–Trinajstić information content (AvgIpc) is 2.58. The van der Waals surface area contributed by atoms with Crippen LogP contribution < -0.4 is 10.6 Å². The minimum atomic E-state index is -3.03. The van der Waals surface area contributed by atoms with Crippen molar-refractivity contribution in [2.45, 2.75) is 51.9 Å². The summed E-state index contributed by atoms with van der Waals surface area (Å²) in [5.41, 5.74) is 0. The van der Waals surface area contributed by atoms with Crippen LogP contribution >= 0.6 is 0 Å². The molecule has 2 N–H and O–H groups in total. The van der Waals surface area contributed by atoms with Crippen LogP contribution in [-0.4, -0.2) is 57.7 Å². The highest BCUT2D eigenvalue weighted by Gasteiger charge is 2.24. The first-order chi connectivity index (χ1) is 11.5. The van der Waals surface area contributed by atoms with E-state index >= 15 is 0 Å². The summed E-state index contributed by atoms with van der Waals surface area (Å²) in [6.45, 7) is 6.02. The van der Waals surface area contributed by atoms with Gasteiger partial charge in [0.2, 0.25) is 10.0 Å². The smallest absolute Gasteiger partial charge is 0.211 e. The van der Waals surface area contributed by atoms with Gasteiger partial charge in [0.25, 0.3) is 0 Å². The predicted octanol–water partition coefficient (Wildman–Crippen LogP) is 1.79. The van der Waals surface area contributed by atoms with Crippen molar-refractivity contribution >= 4 is 16.0 Å². The Labute approximate surface area is 147 Å². The molecule has 0 spiro atoms. The molecule has 2 fully saturated rings. The number of rotatable bonds is 6. The molecule has 0 aromatic rings. The van der Waals surface area contributed by atoms with Crippen molar-refractivity contribution in [1.29, 1.82) is 0 Å². The molecule has 1 aliphatic carbocycles. The molecule has 6 nitrogen and oxygen atoms in total. The lowest BCUT2D eigenvalue weighted by molar-refractivity contribution is 0.274. The molecule has 2 rings (SSSR count). The Morgan fingerprint density at radius 2 is 1.71 bits per heavy atom. The molecule has 0 aromatic heterocycles. The van der Waals surface area contributed by atoms with Crippen molar-refractivity contribution in [2.24, 2.45) is 16.8 Å². The minimum absolute atomic E-state index is 0.515. The molecule has 0 bridgehead atoms. The Balaban J connectivity index is 1.75. The van der Waals surface area contributed by atoms with Gasteiger partial charge in [-0.3, -0.25) is 4.99 Å². The fraction of sp³-hybridized carbons (Fsp3) is 0.941. The van der Waals surface area contributed by atoms with Crippen LogP contribution in [0.1, 0.15) is 51.9 Å². The maximum absolute atomic E-state index is 11.6. The van der Waals surface area contributed by atoms with Gasteiger partial charge in [0.05, 0.1) is 6.26 Å². The zero-order valence-electron chi connectivity index (χ0n) is 15.3. The highest BCUT2D eigenvalue weighted by molar-refractivity contribution is 7.88. The number of nitrogens with zero attached hydrogens (tertiary/aromatic N) is 2. The summed E-state index contributed by atoms with van der Waals surface area (Å²) in [6.07, 6.45) is 9.84. The van der Waals surface area contributed by atoms with Crippen molar-refractivity contribution in [3.05, 3.63) is 0 Å². The number of nitrogens with one attached hydrogen (secondary N) is 2. The van der Waals surface area contributed by atoms with E-state index in [0.29, 0.717) is 19.0 Å². The van der Waals surface area contributed by atoms with Gasteiger partial charge >= 0.3 is 0 Å². The number of sulfonamides is 1. The number of aliphatic imine (C=N–C) groups is 1. The predicted molar refractivity (Wildman–Crippen MR) is 99.7 cm³/mol. The third kappa shape index (κ3) is 6.59. The third-order valence-electron chi connectivity index (χ3n) is 5.18. The summed E-state index contributed by atoms with van der Waals surface area (Å²) in [5.74, 6) is 2.17. The molecule has 0 aromatic carbocycles. The quantitative estimate of drug-likeness (QED) is 0.561. The zero-order valence-corrected chi connectivity index (χ0v) is 16.1. The molecule has 2 aliphatic rings. The Morgan fingerprint density at radius 1 is 1.04 bits per heavy atom. The first-order valence-corrected chi connectivity index (χ1v) is 11.3. The minimum Gasteiger partial charge on any atom is -0.357 e. The first kappa shape index (κ1) is 19.5. The summed E-state index contributed by atoms with van der Waals surface area (Å²) in [6, 6.07) is 0. The lowest BCUT2D eigenvalue weighted by Crippen LogP contribution is -2.44. The van der Waals surface area contributed by atoms with E-state index < -0.39 is 10.0 Å². The number of piperidine rings is 1. The molecule has 0 radical (unpaired) electrons. The number of hydrogen-bond donors (Lipinski definition) is 2. The van der Waals surface area contributed by atoms with Gasteiger partial charge in [0.15, 0.2) is 5.96 Å². The second kappa shape index (κ2) is 9.61. The molecule has 1 saturated carbocycles. The largest absolute Gasteiger partial charge is 0.357 e. The fourth-order valence-corrected chi connectivity index (χ4v) is 4.49. The van der Waals surface area contributed by atoms with E-state index in [-0.39, 0.29) is 0 Å². The van der Waals surface area contributed by atoms with Crippen LogP contribution in [0.3, 0.4) is 0 Å². The monoisotopic (exact) mass is 358 g/mol. The van der Waals surface area contributed by atoms with Crippen LogP contribution in [0.2, 0.25) is 0 Å². The maximum Gasteiger partial charge on any atom is 0.211 e. The number of guanidine groups is 1. The van der Waals surface area contributed by atoms with E-state index in [9.17, 15) is 8.42 Å². The average molecular weight is 359 g/mol. The SMILES string of the molecule is CCNC(=NCC1CCCCC1)NCC1CCN(S(C)(=O)=O)CC1. The van der Waals surface area contributed by atoms with Gasteiger partial charge < -0.3 is 10.6 Å². The summed E-state index contributed by atoms with van der Waals surface area (Å²) in [4.78, 5) is 4.76. The Kier molecular flexibility index (Phi) is 7.81. The van der Waals surface area contributed by atoms with E-state index in [1.54, 1.807) is 4.31 Å². The fourth-order valence-electron chi connectivity index (χ4n) is 3.62. The van der Waals surface area contributed by atoms with Gasteiger partial charge in [-0.05, 0) is 44.4 Å². The van der Waals surface area contributed by atoms with Crippen molar-refractivity contribution < 1.29 is 8.42 Å². The molecule has 0 amide bonds. The standard InChI is InChI=1S/C17H34N4O2S/c1-3-18-17(19-13-15-7-5-4-6-8-15)20-14-16-9-11-21(12-10-16)24(2,22)23/h15-16H,3-14H2,1-2H3,(H2,18,19,20). The lowest BCUT2D eigenvalue weighted by Gasteiger charge is -2.30. The van der Waals surface area contributed by atoms with Crippen molar-refractivity contribution in [2.75, 3.05) is 39.0 Å². The van der Waals surface area contributed by atoms with E-state index in [1.807, 2.05) is 0 Å². The second-order valence-electron chi connectivity index (χ2n) is 7.21. The van der Waals surface area contributed by atoms with Gasteiger partial charge in [-0.15, -0.1) is 0 Å². The van der Waals surface area contributed by atoms with Crippen LogP contribution in [0.25, 0.3) is 0 Å². The maximum atomic E-state index is 11.6. The van der Waals surface area contributed by atoms with Crippen LogP contribution in [0, 0.1) is 11.8 Å². The molecule has 140 valence electrons. The Morgan fingerprint density at radius 3 is 2.29 bits per heavy atom. The van der Waals surface area contributed by atoms with E-state index in [4.69, 9.17) is 4.99 Å². The van der Waals surface area contributed by atoms with E-state index in [1.165, 1.54) is 38.4 Å². The zero-order chi connectivity index (χ0) is 17.4. The van der Waals surface area contributed by atoms with Gasteiger partial charge in [-0.2, -0.15) is 0 Å². The van der Waals surface area contributed by atoms with Gasteiger partial charge in [0, 0.05) is 32.7 Å². The summed E-state index contributed by atoms with van der Waals surface area (Å²) >= 11 is 0. The summed E-state index contributed by atoms with van der Waals surface area (Å²) in [5, 5.41) is 6.78. The van der Waals surface area contributed by atoms with Crippen LogP contribution in [-0.2, 0) is 10.0 Å². The Hall–Kier alpha value is -0.820. The third-order valence-corrected chi connectivity index (χ3v) is 6.48. The summed E-state index contributed by atoms with van der Waals surface area (Å²) < 4.78 is 24.7. The van der Waals surface area contributed by atoms with Gasteiger partial charge in [-0.1, -0.05) is 19.3 Å². The van der Waals surface area contributed by atoms with E-state index in [0.717, 1.165) is 44.4 Å². The van der Waals surface area contributed by atoms with Crippen molar-refractivity contribution in [1.82, 2.24) is 14.9 Å². The molecule has 1 aliphatic heterocycles. The summed E-state index contributed by atoms with van der Waals surface area (Å²) in [7, 11) is -3.03. The van der Waals surface area contributed by atoms with Crippen LogP contribution in [0.4, 0.5) is 0 Å². The first-order valence-electron chi connectivity index (χ1n) is 9.46.